The molecule has 0 amide bonds. The summed E-state index contributed by atoms with van der Waals surface area (Å²) >= 11 is 0. The summed E-state index contributed by atoms with van der Waals surface area (Å²) in [6, 6.07) is 9.61. The van der Waals surface area contributed by atoms with Crippen molar-refractivity contribution in [3.05, 3.63) is 29.8 Å². The van der Waals surface area contributed by atoms with Gasteiger partial charge in [-0.05, 0) is 62.7 Å². The third-order valence-electron chi connectivity index (χ3n) is 5.70. The summed E-state index contributed by atoms with van der Waals surface area (Å²) in [7, 11) is 2.33. The van der Waals surface area contributed by atoms with Crippen molar-refractivity contribution in [2.75, 3.05) is 25.5 Å². The molecule has 3 rings (SSSR count). The van der Waals surface area contributed by atoms with Crippen LogP contribution in [0.15, 0.2) is 24.3 Å². The average Bonchev–Trinajstić information content (AvgIpc) is 2.88. The summed E-state index contributed by atoms with van der Waals surface area (Å²) in [4.78, 5) is 2.62. The molecule has 1 aliphatic carbocycles. The van der Waals surface area contributed by atoms with E-state index < -0.39 is 0 Å². The lowest BCUT2D eigenvalue weighted by molar-refractivity contribution is 0.125. The fourth-order valence-corrected chi connectivity index (χ4v) is 3.98. The molecular weight excluding hydrogens is 256 g/mol. The van der Waals surface area contributed by atoms with Gasteiger partial charge in [0.25, 0.3) is 0 Å². The lowest BCUT2D eigenvalue weighted by atomic mass is 9.75. The SMILES string of the molecule is CN(CCC1CNc2ccccc21)C1CCC(C)(C)CC1. The molecule has 2 heteroatoms. The lowest BCUT2D eigenvalue weighted by Crippen LogP contribution is -2.38. The Morgan fingerprint density at radius 2 is 1.90 bits per heavy atom. The van der Waals surface area contributed by atoms with Crippen molar-refractivity contribution in [1.82, 2.24) is 4.90 Å². The van der Waals surface area contributed by atoms with Gasteiger partial charge in [0.05, 0.1) is 0 Å². The highest BCUT2D eigenvalue weighted by Crippen LogP contribution is 2.37. The van der Waals surface area contributed by atoms with E-state index in [2.05, 4.69) is 55.4 Å². The van der Waals surface area contributed by atoms with E-state index in [9.17, 15) is 0 Å². The molecule has 0 spiro atoms. The van der Waals surface area contributed by atoms with Crippen molar-refractivity contribution >= 4 is 5.69 Å². The molecule has 2 aliphatic rings. The number of para-hydroxylation sites is 1. The molecule has 0 saturated heterocycles. The van der Waals surface area contributed by atoms with Crippen molar-refractivity contribution in [3.8, 4) is 0 Å². The topological polar surface area (TPSA) is 15.3 Å². The predicted molar refractivity (Wildman–Crippen MR) is 91.0 cm³/mol. The second-order valence-electron chi connectivity index (χ2n) is 7.83. The normalized spacial score (nSPS) is 24.9. The van der Waals surface area contributed by atoms with E-state index in [-0.39, 0.29) is 0 Å². The van der Waals surface area contributed by atoms with Gasteiger partial charge in [0, 0.05) is 24.2 Å². The van der Waals surface area contributed by atoms with Crippen molar-refractivity contribution in [1.29, 1.82) is 0 Å². The standard InChI is InChI=1S/C19H30N2/c1-19(2)11-8-16(9-12-19)21(3)13-10-15-14-20-18-7-5-4-6-17(15)18/h4-7,15-16,20H,8-14H2,1-3H3. The Balaban J connectivity index is 1.50. The molecule has 1 atom stereocenters. The maximum absolute atomic E-state index is 3.55. The van der Waals surface area contributed by atoms with Gasteiger partial charge in [-0.3, -0.25) is 0 Å². The average molecular weight is 286 g/mol. The Kier molecular flexibility index (Phi) is 4.26. The molecule has 2 nitrogen and oxygen atoms in total. The third-order valence-corrected chi connectivity index (χ3v) is 5.70. The maximum atomic E-state index is 3.55. The van der Waals surface area contributed by atoms with Gasteiger partial charge in [-0.2, -0.15) is 0 Å². The summed E-state index contributed by atoms with van der Waals surface area (Å²) in [5.74, 6) is 0.698. The molecule has 1 N–H and O–H groups in total. The van der Waals surface area contributed by atoms with Crippen LogP contribution in [0, 0.1) is 5.41 Å². The van der Waals surface area contributed by atoms with E-state index in [1.54, 1.807) is 0 Å². The number of nitrogens with one attached hydrogen (secondary N) is 1. The molecular formula is C19H30N2. The number of hydrogen-bond acceptors (Lipinski definition) is 2. The van der Waals surface area contributed by atoms with Gasteiger partial charge in [-0.25, -0.2) is 0 Å². The molecule has 21 heavy (non-hydrogen) atoms. The quantitative estimate of drug-likeness (QED) is 0.877. The summed E-state index contributed by atoms with van der Waals surface area (Å²) in [6.07, 6.45) is 6.80. The molecule has 1 aromatic carbocycles. The van der Waals surface area contributed by atoms with Crippen LogP contribution in [0.25, 0.3) is 0 Å². The van der Waals surface area contributed by atoms with Crippen molar-refractivity contribution in [2.24, 2.45) is 5.41 Å². The summed E-state index contributed by atoms with van der Waals surface area (Å²) in [6.45, 7) is 7.19. The van der Waals surface area contributed by atoms with E-state index in [1.165, 1.54) is 49.9 Å². The van der Waals surface area contributed by atoms with Gasteiger partial charge in [0.15, 0.2) is 0 Å². The summed E-state index contributed by atoms with van der Waals surface area (Å²) in [5.41, 5.74) is 3.45. The first-order valence-corrected chi connectivity index (χ1v) is 8.58. The van der Waals surface area contributed by atoms with Crippen LogP contribution in [-0.2, 0) is 0 Å². The Morgan fingerprint density at radius 3 is 2.67 bits per heavy atom. The van der Waals surface area contributed by atoms with Crippen LogP contribution in [0.2, 0.25) is 0 Å². The first kappa shape index (κ1) is 14.9. The zero-order valence-electron chi connectivity index (χ0n) is 13.9. The largest absolute Gasteiger partial charge is 0.384 e. The number of nitrogens with zero attached hydrogens (tertiary/aromatic N) is 1. The van der Waals surface area contributed by atoms with Gasteiger partial charge in [0.1, 0.15) is 0 Å². The molecule has 0 radical (unpaired) electrons. The van der Waals surface area contributed by atoms with E-state index in [0.717, 1.165) is 12.6 Å². The van der Waals surface area contributed by atoms with Gasteiger partial charge in [-0.15, -0.1) is 0 Å². The number of benzene rings is 1. The molecule has 1 fully saturated rings. The maximum Gasteiger partial charge on any atom is 0.0376 e. The molecule has 1 aromatic rings. The van der Waals surface area contributed by atoms with E-state index >= 15 is 0 Å². The van der Waals surface area contributed by atoms with E-state index in [1.807, 2.05) is 0 Å². The molecule has 116 valence electrons. The Labute approximate surface area is 129 Å². The van der Waals surface area contributed by atoms with Crippen LogP contribution in [0.4, 0.5) is 5.69 Å². The Bertz CT molecular complexity index is 470. The fourth-order valence-electron chi connectivity index (χ4n) is 3.98. The number of hydrogen-bond donors (Lipinski definition) is 1. The Morgan fingerprint density at radius 1 is 1.19 bits per heavy atom. The number of rotatable bonds is 4. The Hall–Kier alpha value is -1.02. The first-order chi connectivity index (χ1) is 10.1. The molecule has 1 aliphatic heterocycles. The van der Waals surface area contributed by atoms with Gasteiger partial charge >= 0.3 is 0 Å². The summed E-state index contributed by atoms with van der Waals surface area (Å²) in [5, 5.41) is 3.55. The van der Waals surface area contributed by atoms with Crippen LogP contribution in [0.3, 0.4) is 0 Å². The minimum Gasteiger partial charge on any atom is -0.384 e. The van der Waals surface area contributed by atoms with E-state index in [0.29, 0.717) is 11.3 Å². The van der Waals surface area contributed by atoms with Crippen LogP contribution in [0.1, 0.15) is 57.4 Å². The highest BCUT2D eigenvalue weighted by atomic mass is 15.1. The van der Waals surface area contributed by atoms with Crippen LogP contribution < -0.4 is 5.32 Å². The van der Waals surface area contributed by atoms with E-state index in [4.69, 9.17) is 0 Å². The second-order valence-corrected chi connectivity index (χ2v) is 7.83. The highest BCUT2D eigenvalue weighted by molar-refractivity contribution is 5.57. The highest BCUT2D eigenvalue weighted by Gasteiger charge is 2.29. The molecule has 1 saturated carbocycles. The van der Waals surface area contributed by atoms with Crippen LogP contribution in [-0.4, -0.2) is 31.1 Å². The minimum absolute atomic E-state index is 0.575. The molecule has 0 bridgehead atoms. The van der Waals surface area contributed by atoms with Gasteiger partial charge in [-0.1, -0.05) is 32.0 Å². The second kappa shape index (κ2) is 6.00. The molecule has 1 heterocycles. The van der Waals surface area contributed by atoms with Crippen LogP contribution >= 0.6 is 0 Å². The molecule has 0 aromatic heterocycles. The third kappa shape index (κ3) is 3.42. The smallest absolute Gasteiger partial charge is 0.0376 e. The predicted octanol–water partition coefficient (Wildman–Crippen LogP) is 4.49. The molecule has 1 unspecified atom stereocenters. The van der Waals surface area contributed by atoms with Crippen molar-refractivity contribution in [3.63, 3.8) is 0 Å². The zero-order chi connectivity index (χ0) is 14.9. The number of anilines is 1. The zero-order valence-corrected chi connectivity index (χ0v) is 13.9. The van der Waals surface area contributed by atoms with Gasteiger partial charge < -0.3 is 10.2 Å². The number of fused-ring (bicyclic) bond motifs is 1. The minimum atomic E-state index is 0.575. The van der Waals surface area contributed by atoms with Gasteiger partial charge in [0.2, 0.25) is 0 Å². The van der Waals surface area contributed by atoms with Crippen molar-refractivity contribution < 1.29 is 0 Å². The lowest BCUT2D eigenvalue weighted by Gasteiger charge is -2.39. The fraction of sp³-hybridized carbons (Fsp3) is 0.684. The monoisotopic (exact) mass is 286 g/mol. The van der Waals surface area contributed by atoms with Crippen LogP contribution in [0.5, 0.6) is 0 Å². The first-order valence-electron chi connectivity index (χ1n) is 8.58. The summed E-state index contributed by atoms with van der Waals surface area (Å²) < 4.78 is 0. The van der Waals surface area contributed by atoms with Crippen molar-refractivity contribution in [2.45, 2.75) is 57.9 Å².